The molecule has 0 saturated carbocycles. The monoisotopic (exact) mass is 386 g/mol. The van der Waals surface area contributed by atoms with E-state index in [1.165, 1.54) is 14.2 Å². The van der Waals surface area contributed by atoms with E-state index >= 15 is 0 Å². The van der Waals surface area contributed by atoms with E-state index in [-0.39, 0.29) is 0 Å². The molecule has 0 heterocycles. The lowest BCUT2D eigenvalue weighted by Crippen LogP contribution is -2.01. The number of rotatable bonds is 13. The molecule has 150 valence electrons. The van der Waals surface area contributed by atoms with Crippen LogP contribution < -0.4 is 18.9 Å². The van der Waals surface area contributed by atoms with Gasteiger partial charge < -0.3 is 18.9 Å². The van der Waals surface area contributed by atoms with Crippen LogP contribution in [-0.4, -0.2) is 40.0 Å². The fourth-order valence-electron chi connectivity index (χ4n) is 2.69. The van der Waals surface area contributed by atoms with Gasteiger partial charge in [0.25, 0.3) is 0 Å². The molecule has 2 aromatic rings. The van der Waals surface area contributed by atoms with Crippen LogP contribution in [0.15, 0.2) is 36.4 Å². The summed E-state index contributed by atoms with van der Waals surface area (Å²) in [6.07, 6.45) is 5.44. The van der Waals surface area contributed by atoms with E-state index in [1.807, 2.05) is 0 Å². The van der Waals surface area contributed by atoms with Gasteiger partial charge in [0.1, 0.15) is 23.0 Å². The van der Waals surface area contributed by atoms with Crippen molar-refractivity contribution in [1.29, 1.82) is 0 Å². The molecule has 0 fully saturated rings. The molecule has 0 radical (unpaired) electrons. The number of unbranched alkanes of at least 4 members (excludes halogenated alkanes) is 3. The van der Waals surface area contributed by atoms with Crippen molar-refractivity contribution < 1.29 is 28.5 Å². The average molecular weight is 386 g/mol. The topological polar surface area (TPSA) is 71.1 Å². The maximum absolute atomic E-state index is 10.9. The summed E-state index contributed by atoms with van der Waals surface area (Å²) in [5.41, 5.74) is 1.02. The second kappa shape index (κ2) is 11.6. The van der Waals surface area contributed by atoms with Gasteiger partial charge in [-0.05, 0) is 49.9 Å². The third-order valence-electron chi connectivity index (χ3n) is 4.24. The molecule has 2 aromatic carbocycles. The number of benzene rings is 2. The van der Waals surface area contributed by atoms with Crippen LogP contribution in [-0.2, 0) is 0 Å². The minimum Gasteiger partial charge on any atom is -0.496 e. The number of methoxy groups -OCH3 is 2. The van der Waals surface area contributed by atoms with E-state index in [1.54, 1.807) is 36.4 Å². The van der Waals surface area contributed by atoms with Gasteiger partial charge in [0.2, 0.25) is 0 Å². The Bertz CT molecular complexity index is 706. The summed E-state index contributed by atoms with van der Waals surface area (Å²) in [5.74, 6) is 2.42. The van der Waals surface area contributed by atoms with Gasteiger partial charge in [-0.25, -0.2) is 0 Å². The van der Waals surface area contributed by atoms with Gasteiger partial charge in [-0.2, -0.15) is 0 Å². The largest absolute Gasteiger partial charge is 0.496 e. The minimum absolute atomic E-state index is 0.508. The Balaban J connectivity index is 1.61. The molecule has 0 aliphatic rings. The van der Waals surface area contributed by atoms with Gasteiger partial charge in [-0.3, -0.25) is 9.59 Å². The molecular weight excluding hydrogens is 360 g/mol. The summed E-state index contributed by atoms with van der Waals surface area (Å²) in [4.78, 5) is 21.8. The first-order chi connectivity index (χ1) is 13.7. The highest BCUT2D eigenvalue weighted by Gasteiger charge is 2.05. The van der Waals surface area contributed by atoms with Crippen molar-refractivity contribution >= 4 is 12.6 Å². The molecule has 0 aromatic heterocycles. The lowest BCUT2D eigenvalue weighted by molar-refractivity contribution is 0.111. The van der Waals surface area contributed by atoms with E-state index in [0.29, 0.717) is 47.3 Å². The first-order valence-corrected chi connectivity index (χ1v) is 9.24. The molecule has 0 bridgehead atoms. The second-order valence-electron chi connectivity index (χ2n) is 6.15. The van der Waals surface area contributed by atoms with Crippen molar-refractivity contribution in [1.82, 2.24) is 0 Å². The number of hydrogen-bond donors (Lipinski definition) is 0. The summed E-state index contributed by atoms with van der Waals surface area (Å²) in [6.45, 7) is 1.21. The quantitative estimate of drug-likeness (QED) is 0.377. The van der Waals surface area contributed by atoms with Gasteiger partial charge >= 0.3 is 0 Å². The zero-order valence-corrected chi connectivity index (χ0v) is 16.3. The average Bonchev–Trinajstić information content (AvgIpc) is 2.75. The van der Waals surface area contributed by atoms with Crippen molar-refractivity contribution in [2.75, 3.05) is 27.4 Å². The number of carbonyl (C=O) groups is 2. The molecule has 0 amide bonds. The minimum atomic E-state index is 0.508. The Morgan fingerprint density at radius 3 is 1.46 bits per heavy atom. The van der Waals surface area contributed by atoms with Crippen LogP contribution in [0.2, 0.25) is 0 Å². The number of hydrogen-bond acceptors (Lipinski definition) is 6. The molecule has 0 saturated heterocycles. The van der Waals surface area contributed by atoms with Crippen LogP contribution in [0.25, 0.3) is 0 Å². The highest BCUT2D eigenvalue weighted by molar-refractivity contribution is 5.80. The molecule has 6 heteroatoms. The van der Waals surface area contributed by atoms with Gasteiger partial charge in [0.15, 0.2) is 12.6 Å². The Morgan fingerprint density at radius 1 is 0.679 bits per heavy atom. The molecule has 0 aliphatic heterocycles. The van der Waals surface area contributed by atoms with Crippen molar-refractivity contribution in [2.45, 2.75) is 25.7 Å². The summed E-state index contributed by atoms with van der Waals surface area (Å²) < 4.78 is 21.7. The third-order valence-corrected chi connectivity index (χ3v) is 4.24. The second-order valence-corrected chi connectivity index (χ2v) is 6.15. The normalized spacial score (nSPS) is 10.2. The molecule has 0 spiro atoms. The first kappa shape index (κ1) is 21.3. The zero-order chi connectivity index (χ0) is 20.2. The maximum Gasteiger partial charge on any atom is 0.153 e. The first-order valence-electron chi connectivity index (χ1n) is 9.24. The Kier molecular flexibility index (Phi) is 8.85. The van der Waals surface area contributed by atoms with Crippen LogP contribution >= 0.6 is 0 Å². The van der Waals surface area contributed by atoms with Crippen molar-refractivity contribution in [3.8, 4) is 23.0 Å². The van der Waals surface area contributed by atoms with Gasteiger partial charge in [0, 0.05) is 12.1 Å². The number of ether oxygens (including phenoxy) is 4. The summed E-state index contributed by atoms with van der Waals surface area (Å²) in [7, 11) is 3.06. The van der Waals surface area contributed by atoms with Crippen LogP contribution in [0.4, 0.5) is 0 Å². The third kappa shape index (κ3) is 6.30. The van der Waals surface area contributed by atoms with Crippen molar-refractivity contribution in [3.05, 3.63) is 47.5 Å². The van der Waals surface area contributed by atoms with E-state index < -0.39 is 0 Å². The van der Waals surface area contributed by atoms with Gasteiger partial charge in [-0.1, -0.05) is 0 Å². The Morgan fingerprint density at radius 2 is 1.11 bits per heavy atom. The van der Waals surface area contributed by atoms with Crippen LogP contribution in [0.5, 0.6) is 23.0 Å². The van der Waals surface area contributed by atoms with Gasteiger partial charge in [-0.15, -0.1) is 0 Å². The molecule has 28 heavy (non-hydrogen) atoms. The molecular formula is C22H26O6. The summed E-state index contributed by atoms with van der Waals surface area (Å²) >= 11 is 0. The fraction of sp³-hybridized carbons (Fsp3) is 0.364. The van der Waals surface area contributed by atoms with E-state index in [2.05, 4.69) is 0 Å². The number of carbonyl (C=O) groups excluding carboxylic acids is 2. The molecule has 0 N–H and O–H groups in total. The Hall–Kier alpha value is -3.02. The lowest BCUT2D eigenvalue weighted by Gasteiger charge is -2.10. The molecule has 0 atom stereocenters. The zero-order valence-electron chi connectivity index (χ0n) is 16.3. The molecule has 0 unspecified atom stereocenters. The predicted molar refractivity (Wildman–Crippen MR) is 106 cm³/mol. The van der Waals surface area contributed by atoms with Crippen molar-refractivity contribution in [2.24, 2.45) is 0 Å². The molecule has 2 rings (SSSR count). The van der Waals surface area contributed by atoms with Crippen LogP contribution in [0.3, 0.4) is 0 Å². The van der Waals surface area contributed by atoms with Crippen LogP contribution in [0, 0.1) is 0 Å². The standard InChI is InChI=1S/C22H26O6/c1-25-21-13-19(9-7-17(21)15-23)27-11-5-3-4-6-12-28-20-10-8-18(16-24)22(14-20)26-2/h7-10,13-16H,3-6,11-12H2,1-2H3. The SMILES string of the molecule is COc1cc(OCCCCCCOc2ccc(C=O)c(OC)c2)ccc1C=O. The predicted octanol–water partition coefficient (Wildman–Crippen LogP) is 4.35. The smallest absolute Gasteiger partial charge is 0.153 e. The number of aldehydes is 2. The van der Waals surface area contributed by atoms with E-state index in [0.717, 1.165) is 38.3 Å². The van der Waals surface area contributed by atoms with Gasteiger partial charge in [0.05, 0.1) is 38.6 Å². The summed E-state index contributed by atoms with van der Waals surface area (Å²) in [6, 6.07) is 10.4. The fourth-order valence-corrected chi connectivity index (χ4v) is 2.69. The highest BCUT2D eigenvalue weighted by atomic mass is 16.5. The molecule has 0 aliphatic carbocycles. The highest BCUT2D eigenvalue weighted by Crippen LogP contribution is 2.24. The van der Waals surface area contributed by atoms with Crippen LogP contribution in [0.1, 0.15) is 46.4 Å². The lowest BCUT2D eigenvalue weighted by atomic mass is 10.2. The van der Waals surface area contributed by atoms with E-state index in [4.69, 9.17) is 18.9 Å². The summed E-state index contributed by atoms with van der Waals surface area (Å²) in [5, 5.41) is 0. The Labute approximate surface area is 165 Å². The molecule has 6 nitrogen and oxygen atoms in total. The van der Waals surface area contributed by atoms with E-state index in [9.17, 15) is 9.59 Å². The van der Waals surface area contributed by atoms with Crippen molar-refractivity contribution in [3.63, 3.8) is 0 Å². The maximum atomic E-state index is 10.9.